The van der Waals surface area contributed by atoms with Crippen LogP contribution in [0.2, 0.25) is 0 Å². The van der Waals surface area contributed by atoms with E-state index in [-0.39, 0.29) is 18.0 Å². The number of aromatic amines is 1. The Hall–Kier alpha value is -2.54. The van der Waals surface area contributed by atoms with E-state index in [1.807, 2.05) is 0 Å². The summed E-state index contributed by atoms with van der Waals surface area (Å²) in [5.41, 5.74) is 0.803. The van der Waals surface area contributed by atoms with Gasteiger partial charge in [0.2, 0.25) is 5.91 Å². The predicted molar refractivity (Wildman–Crippen MR) is 81.0 cm³/mol. The van der Waals surface area contributed by atoms with E-state index < -0.39 is 5.82 Å². The molecule has 1 heterocycles. The van der Waals surface area contributed by atoms with Crippen LogP contribution in [0.15, 0.2) is 35.1 Å². The highest BCUT2D eigenvalue weighted by Gasteiger charge is 2.09. The molecule has 0 aliphatic rings. The van der Waals surface area contributed by atoms with Crippen molar-refractivity contribution in [3.8, 4) is 0 Å². The summed E-state index contributed by atoms with van der Waals surface area (Å²) in [7, 11) is 1.73. The Bertz CT molecular complexity index is 729. The number of hydrogen-bond donors (Lipinski definition) is 2. The lowest BCUT2D eigenvalue weighted by Gasteiger charge is -2.15. The number of nitrogens with zero attached hydrogens (tertiary/aromatic N) is 2. The summed E-state index contributed by atoms with van der Waals surface area (Å²) in [4.78, 5) is 31.8. The minimum atomic E-state index is -0.410. The fraction of sp³-hybridized carbons (Fsp3) is 0.267. The lowest BCUT2D eigenvalue weighted by Crippen LogP contribution is -2.31. The maximum absolute atomic E-state index is 13.0. The maximum atomic E-state index is 13.0. The fourth-order valence-corrected chi connectivity index (χ4v) is 2.04. The maximum Gasteiger partial charge on any atom is 0.251 e. The van der Waals surface area contributed by atoms with Crippen molar-refractivity contribution in [2.45, 2.75) is 13.5 Å². The van der Waals surface area contributed by atoms with Crippen LogP contribution in [0, 0.1) is 12.7 Å². The summed E-state index contributed by atoms with van der Waals surface area (Å²) in [5, 5.41) is 2.61. The van der Waals surface area contributed by atoms with Crippen molar-refractivity contribution < 1.29 is 9.18 Å². The van der Waals surface area contributed by atoms with E-state index in [9.17, 15) is 14.0 Å². The topological polar surface area (TPSA) is 78.1 Å². The number of aromatic nitrogens is 2. The predicted octanol–water partition coefficient (Wildman–Crippen LogP) is 1.29. The Morgan fingerprint density at radius 3 is 2.86 bits per heavy atom. The molecule has 0 spiro atoms. The van der Waals surface area contributed by atoms with Crippen molar-refractivity contribution >= 4 is 11.6 Å². The number of carbonyl (C=O) groups is 1. The first-order valence-corrected chi connectivity index (χ1v) is 6.73. The quantitative estimate of drug-likeness (QED) is 0.872. The molecule has 2 aromatic rings. The average Bonchev–Trinajstić information content (AvgIpc) is 2.36. The monoisotopic (exact) mass is 304 g/mol. The molecule has 0 fully saturated rings. The summed E-state index contributed by atoms with van der Waals surface area (Å²) in [6, 6.07) is 7.09. The smallest absolute Gasteiger partial charge is 0.251 e. The zero-order valence-corrected chi connectivity index (χ0v) is 12.4. The number of likely N-dealkylation sites (N-methyl/N-ethyl adjacent to an activating group) is 1. The summed E-state index contributed by atoms with van der Waals surface area (Å²) in [6.45, 7) is 2.15. The van der Waals surface area contributed by atoms with Crippen LogP contribution in [0.5, 0.6) is 0 Å². The highest BCUT2D eigenvalue weighted by molar-refractivity contribution is 5.92. The first-order valence-electron chi connectivity index (χ1n) is 6.73. The van der Waals surface area contributed by atoms with Gasteiger partial charge in [-0.05, 0) is 32.2 Å². The van der Waals surface area contributed by atoms with E-state index in [1.54, 1.807) is 24.9 Å². The second-order valence-corrected chi connectivity index (χ2v) is 5.06. The lowest BCUT2D eigenvalue weighted by atomic mass is 10.3. The minimum absolute atomic E-state index is 0.0914. The molecule has 2 rings (SSSR count). The standard InChI is InChI=1S/C15H17FN4O2/c1-10-6-14(21)19-13(17-10)8-20(2)9-15(22)18-12-5-3-4-11(16)7-12/h3-7H,8-9H2,1-2H3,(H,18,22)(H,17,19,21). The van der Waals surface area contributed by atoms with Crippen LogP contribution >= 0.6 is 0 Å². The van der Waals surface area contributed by atoms with Crippen molar-refractivity contribution in [2.24, 2.45) is 0 Å². The zero-order valence-electron chi connectivity index (χ0n) is 12.4. The number of aryl methyl sites for hydroxylation is 1. The zero-order chi connectivity index (χ0) is 16.1. The molecule has 0 bridgehead atoms. The number of anilines is 1. The Morgan fingerprint density at radius 1 is 1.41 bits per heavy atom. The van der Waals surface area contributed by atoms with Gasteiger partial charge in [0.25, 0.3) is 5.56 Å². The van der Waals surface area contributed by atoms with Gasteiger partial charge in [0.1, 0.15) is 11.6 Å². The fourth-order valence-electron chi connectivity index (χ4n) is 2.04. The second-order valence-electron chi connectivity index (χ2n) is 5.06. The molecule has 22 heavy (non-hydrogen) atoms. The van der Waals surface area contributed by atoms with E-state index in [1.165, 1.54) is 24.3 Å². The number of benzene rings is 1. The Balaban J connectivity index is 1.92. The van der Waals surface area contributed by atoms with Crippen LogP contribution in [0.1, 0.15) is 11.5 Å². The second kappa shape index (κ2) is 6.95. The molecule has 1 aromatic heterocycles. The first kappa shape index (κ1) is 15.8. The number of halogens is 1. The van der Waals surface area contributed by atoms with Gasteiger partial charge in [0.15, 0.2) is 0 Å². The third-order valence-corrected chi connectivity index (χ3v) is 2.86. The van der Waals surface area contributed by atoms with Crippen LogP contribution in [0.25, 0.3) is 0 Å². The average molecular weight is 304 g/mol. The van der Waals surface area contributed by atoms with Crippen molar-refractivity contribution in [3.63, 3.8) is 0 Å². The first-order chi connectivity index (χ1) is 10.4. The summed E-state index contributed by atoms with van der Waals surface area (Å²) in [6.07, 6.45) is 0. The molecule has 7 heteroatoms. The van der Waals surface area contributed by atoms with Gasteiger partial charge in [-0.25, -0.2) is 9.37 Å². The van der Waals surface area contributed by atoms with Crippen molar-refractivity contribution in [3.05, 3.63) is 58.0 Å². The van der Waals surface area contributed by atoms with Gasteiger partial charge < -0.3 is 10.3 Å². The molecule has 0 unspecified atom stereocenters. The molecular weight excluding hydrogens is 287 g/mol. The molecule has 2 N–H and O–H groups in total. The molecule has 0 saturated carbocycles. The minimum Gasteiger partial charge on any atom is -0.325 e. The number of rotatable bonds is 5. The van der Waals surface area contributed by atoms with Gasteiger partial charge >= 0.3 is 0 Å². The highest BCUT2D eigenvalue weighted by Crippen LogP contribution is 2.09. The highest BCUT2D eigenvalue weighted by atomic mass is 19.1. The van der Waals surface area contributed by atoms with Crippen LogP contribution in [-0.2, 0) is 11.3 Å². The Labute approximate surface area is 127 Å². The molecule has 116 valence electrons. The largest absolute Gasteiger partial charge is 0.325 e. The summed E-state index contributed by atoms with van der Waals surface area (Å²) in [5.74, 6) is -0.193. The van der Waals surface area contributed by atoms with E-state index >= 15 is 0 Å². The van der Waals surface area contributed by atoms with Gasteiger partial charge in [-0.1, -0.05) is 6.07 Å². The normalized spacial score (nSPS) is 10.7. The van der Waals surface area contributed by atoms with Crippen LogP contribution in [-0.4, -0.2) is 34.4 Å². The molecule has 0 aliphatic carbocycles. The molecule has 0 atom stereocenters. The Kier molecular flexibility index (Phi) is 5.00. The van der Waals surface area contributed by atoms with Gasteiger partial charge in [0, 0.05) is 17.4 Å². The number of amides is 1. The molecule has 1 amide bonds. The SMILES string of the molecule is Cc1cc(=O)[nH]c(CN(C)CC(=O)Nc2cccc(F)c2)n1. The molecule has 0 saturated heterocycles. The van der Waals surface area contributed by atoms with Gasteiger partial charge in [-0.2, -0.15) is 0 Å². The molecule has 6 nitrogen and oxygen atoms in total. The molecule has 0 radical (unpaired) electrons. The van der Waals surface area contributed by atoms with Crippen molar-refractivity contribution in [1.29, 1.82) is 0 Å². The van der Waals surface area contributed by atoms with Gasteiger partial charge in [0.05, 0.1) is 13.1 Å². The number of H-pyrrole nitrogens is 1. The van der Waals surface area contributed by atoms with Crippen LogP contribution in [0.3, 0.4) is 0 Å². The summed E-state index contributed by atoms with van der Waals surface area (Å²) < 4.78 is 13.0. The third-order valence-electron chi connectivity index (χ3n) is 2.86. The van der Waals surface area contributed by atoms with Crippen molar-refractivity contribution in [2.75, 3.05) is 18.9 Å². The van der Waals surface area contributed by atoms with E-state index in [0.717, 1.165) is 0 Å². The van der Waals surface area contributed by atoms with Gasteiger partial charge in [-0.3, -0.25) is 14.5 Å². The molecular formula is C15H17FN4O2. The molecule has 0 aliphatic heterocycles. The molecule has 1 aromatic carbocycles. The van der Waals surface area contributed by atoms with E-state index in [2.05, 4.69) is 15.3 Å². The van der Waals surface area contributed by atoms with E-state index in [4.69, 9.17) is 0 Å². The number of nitrogens with one attached hydrogen (secondary N) is 2. The Morgan fingerprint density at radius 2 is 2.18 bits per heavy atom. The lowest BCUT2D eigenvalue weighted by molar-refractivity contribution is -0.117. The number of hydrogen-bond acceptors (Lipinski definition) is 4. The van der Waals surface area contributed by atoms with Crippen LogP contribution < -0.4 is 10.9 Å². The number of carbonyl (C=O) groups excluding carboxylic acids is 1. The summed E-state index contributed by atoms with van der Waals surface area (Å²) >= 11 is 0. The van der Waals surface area contributed by atoms with Crippen molar-refractivity contribution in [1.82, 2.24) is 14.9 Å². The third kappa shape index (κ3) is 4.78. The van der Waals surface area contributed by atoms with Gasteiger partial charge in [-0.15, -0.1) is 0 Å². The van der Waals surface area contributed by atoms with Crippen LogP contribution in [0.4, 0.5) is 10.1 Å². The van der Waals surface area contributed by atoms with E-state index in [0.29, 0.717) is 23.8 Å².